The number of hydrogen-bond acceptors (Lipinski definition) is 4. The number of nitrogens with zero attached hydrogens (tertiary/aromatic N) is 1. The van der Waals surface area contributed by atoms with Crippen molar-refractivity contribution < 1.29 is 22.7 Å². The highest BCUT2D eigenvalue weighted by Gasteiger charge is 2.34. The Labute approximate surface area is 168 Å². The van der Waals surface area contributed by atoms with E-state index in [0.29, 0.717) is 18.5 Å². The maximum absolute atomic E-state index is 13.2. The van der Waals surface area contributed by atoms with E-state index in [2.05, 4.69) is 5.32 Å². The molecule has 2 aromatic carbocycles. The van der Waals surface area contributed by atoms with Crippen LogP contribution in [-0.4, -0.2) is 42.4 Å². The smallest absolute Gasteiger partial charge is 0.255 e. The number of piperidine rings is 1. The first-order valence-electron chi connectivity index (χ1n) is 8.67. The summed E-state index contributed by atoms with van der Waals surface area (Å²) in [6.45, 7) is 2.10. The van der Waals surface area contributed by atoms with E-state index in [1.807, 2.05) is 0 Å². The lowest BCUT2D eigenvalue weighted by molar-refractivity contribution is 0.0126. The summed E-state index contributed by atoms with van der Waals surface area (Å²) in [6.07, 6.45) is 0.690. The average molecular weight is 427 g/mol. The second-order valence-corrected chi connectivity index (χ2v) is 9.36. The highest BCUT2D eigenvalue weighted by Crippen LogP contribution is 2.27. The SMILES string of the molecule is CC1(O)CCN(S(=O)(=O)c2cccc(C(=O)Nc3ccc(F)c(Cl)c3)c2)CC1. The second kappa shape index (κ2) is 7.79. The number of sulfonamides is 1. The largest absolute Gasteiger partial charge is 0.390 e. The fourth-order valence-corrected chi connectivity index (χ4v) is 4.60. The molecule has 2 N–H and O–H groups in total. The highest BCUT2D eigenvalue weighted by atomic mass is 35.5. The normalized spacial score (nSPS) is 17.3. The van der Waals surface area contributed by atoms with Crippen LogP contribution in [0.15, 0.2) is 47.4 Å². The van der Waals surface area contributed by atoms with Gasteiger partial charge in [0.05, 0.1) is 15.5 Å². The summed E-state index contributed by atoms with van der Waals surface area (Å²) in [5.41, 5.74) is -0.432. The number of anilines is 1. The van der Waals surface area contributed by atoms with Crippen LogP contribution in [0.5, 0.6) is 0 Å². The molecule has 1 aliphatic rings. The molecule has 1 amide bonds. The Balaban J connectivity index is 1.79. The fraction of sp³-hybridized carbons (Fsp3) is 0.316. The zero-order chi connectivity index (χ0) is 20.5. The quantitative estimate of drug-likeness (QED) is 0.785. The third kappa shape index (κ3) is 4.52. The van der Waals surface area contributed by atoms with Crippen LogP contribution in [-0.2, 0) is 10.0 Å². The van der Waals surface area contributed by atoms with Crippen molar-refractivity contribution in [3.8, 4) is 0 Å². The van der Waals surface area contributed by atoms with Crippen molar-refractivity contribution in [2.24, 2.45) is 0 Å². The van der Waals surface area contributed by atoms with Crippen molar-refractivity contribution in [3.63, 3.8) is 0 Å². The van der Waals surface area contributed by atoms with Gasteiger partial charge in [-0.05, 0) is 56.2 Å². The molecule has 6 nitrogen and oxygen atoms in total. The Morgan fingerprint density at radius 1 is 1.21 bits per heavy atom. The Bertz CT molecular complexity index is 1000. The standard InChI is InChI=1S/C19H20ClFN2O4S/c1-19(25)7-9-23(10-8-19)28(26,27)15-4-2-3-13(11-15)18(24)22-14-5-6-17(21)16(20)12-14/h2-6,11-12,25H,7-10H2,1H3,(H,22,24). The number of aliphatic hydroxyl groups is 1. The van der Waals surface area contributed by atoms with Gasteiger partial charge in [0.1, 0.15) is 5.82 Å². The van der Waals surface area contributed by atoms with Crippen LogP contribution >= 0.6 is 11.6 Å². The molecule has 1 aliphatic heterocycles. The van der Waals surface area contributed by atoms with Gasteiger partial charge in [0, 0.05) is 24.3 Å². The first-order valence-corrected chi connectivity index (χ1v) is 10.5. The molecule has 9 heteroatoms. The van der Waals surface area contributed by atoms with Crippen molar-refractivity contribution in [1.82, 2.24) is 4.31 Å². The van der Waals surface area contributed by atoms with E-state index in [9.17, 15) is 22.7 Å². The van der Waals surface area contributed by atoms with Crippen LogP contribution in [0.2, 0.25) is 5.02 Å². The molecule has 0 aliphatic carbocycles. The molecule has 1 fully saturated rings. The van der Waals surface area contributed by atoms with E-state index in [-0.39, 0.29) is 28.6 Å². The molecule has 0 atom stereocenters. The lowest BCUT2D eigenvalue weighted by Crippen LogP contribution is -2.45. The van der Waals surface area contributed by atoms with Crippen LogP contribution in [0, 0.1) is 5.82 Å². The second-order valence-electron chi connectivity index (χ2n) is 7.01. The maximum Gasteiger partial charge on any atom is 0.255 e. The molecule has 150 valence electrons. The number of hydrogen-bond donors (Lipinski definition) is 2. The molecule has 0 aromatic heterocycles. The van der Waals surface area contributed by atoms with Crippen LogP contribution in [0.25, 0.3) is 0 Å². The molecule has 2 aromatic rings. The molecule has 0 spiro atoms. The number of carbonyl (C=O) groups is 1. The number of carbonyl (C=O) groups excluding carboxylic acids is 1. The Morgan fingerprint density at radius 3 is 2.54 bits per heavy atom. The van der Waals surface area contributed by atoms with Gasteiger partial charge in [-0.15, -0.1) is 0 Å². The summed E-state index contributed by atoms with van der Waals surface area (Å²) in [5, 5.41) is 12.4. The minimum Gasteiger partial charge on any atom is -0.390 e. The molecule has 1 saturated heterocycles. The molecule has 1 heterocycles. The van der Waals surface area contributed by atoms with Crippen LogP contribution in [0.4, 0.5) is 10.1 Å². The first-order chi connectivity index (χ1) is 13.1. The monoisotopic (exact) mass is 426 g/mol. The number of nitrogens with one attached hydrogen (secondary N) is 1. The third-order valence-corrected chi connectivity index (χ3v) is 6.90. The molecule has 3 rings (SSSR count). The minimum atomic E-state index is -3.78. The average Bonchev–Trinajstić information content (AvgIpc) is 2.64. The van der Waals surface area contributed by atoms with E-state index in [1.165, 1.54) is 40.7 Å². The van der Waals surface area contributed by atoms with Gasteiger partial charge in [0.2, 0.25) is 10.0 Å². The van der Waals surface area contributed by atoms with Gasteiger partial charge in [0.25, 0.3) is 5.91 Å². The zero-order valence-electron chi connectivity index (χ0n) is 15.2. The molecule has 28 heavy (non-hydrogen) atoms. The van der Waals surface area contributed by atoms with Crippen molar-refractivity contribution >= 4 is 33.2 Å². The van der Waals surface area contributed by atoms with Crippen LogP contribution in [0.1, 0.15) is 30.1 Å². The fourth-order valence-electron chi connectivity index (χ4n) is 2.93. The lowest BCUT2D eigenvalue weighted by Gasteiger charge is -2.35. The van der Waals surface area contributed by atoms with Crippen LogP contribution < -0.4 is 5.32 Å². The summed E-state index contributed by atoms with van der Waals surface area (Å²) in [4.78, 5) is 12.5. The van der Waals surface area contributed by atoms with Gasteiger partial charge < -0.3 is 10.4 Å². The zero-order valence-corrected chi connectivity index (χ0v) is 16.7. The van der Waals surface area contributed by atoms with Crippen molar-refractivity contribution in [1.29, 1.82) is 0 Å². The Morgan fingerprint density at radius 2 is 1.89 bits per heavy atom. The van der Waals surface area contributed by atoms with Gasteiger partial charge in [-0.3, -0.25) is 4.79 Å². The molecular weight excluding hydrogens is 407 g/mol. The number of halogens is 2. The van der Waals surface area contributed by atoms with E-state index in [4.69, 9.17) is 11.6 Å². The van der Waals surface area contributed by atoms with Gasteiger partial charge in [-0.1, -0.05) is 17.7 Å². The van der Waals surface area contributed by atoms with Gasteiger partial charge in [0.15, 0.2) is 0 Å². The van der Waals surface area contributed by atoms with Gasteiger partial charge in [-0.2, -0.15) is 4.31 Å². The summed E-state index contributed by atoms with van der Waals surface area (Å²) in [5.74, 6) is -1.14. The van der Waals surface area contributed by atoms with E-state index in [1.54, 1.807) is 6.92 Å². The topological polar surface area (TPSA) is 86.7 Å². The van der Waals surface area contributed by atoms with Gasteiger partial charge >= 0.3 is 0 Å². The van der Waals surface area contributed by atoms with E-state index < -0.39 is 27.3 Å². The summed E-state index contributed by atoms with van der Waals surface area (Å²) < 4.78 is 40.3. The van der Waals surface area contributed by atoms with Crippen molar-refractivity contribution in [2.75, 3.05) is 18.4 Å². The van der Waals surface area contributed by atoms with Crippen molar-refractivity contribution in [3.05, 3.63) is 58.9 Å². The molecule has 0 unspecified atom stereocenters. The minimum absolute atomic E-state index is 0.00108. The lowest BCUT2D eigenvalue weighted by atomic mass is 9.95. The third-order valence-electron chi connectivity index (χ3n) is 4.71. The first kappa shape index (κ1) is 20.7. The molecule has 0 radical (unpaired) electrons. The van der Waals surface area contributed by atoms with Gasteiger partial charge in [-0.25, -0.2) is 12.8 Å². The Kier molecular flexibility index (Phi) is 5.77. The Hall–Kier alpha value is -2.00. The predicted molar refractivity (Wildman–Crippen MR) is 104 cm³/mol. The number of rotatable bonds is 4. The summed E-state index contributed by atoms with van der Waals surface area (Å²) >= 11 is 5.71. The molecule has 0 saturated carbocycles. The van der Waals surface area contributed by atoms with E-state index >= 15 is 0 Å². The van der Waals surface area contributed by atoms with Crippen molar-refractivity contribution in [2.45, 2.75) is 30.3 Å². The summed E-state index contributed by atoms with van der Waals surface area (Å²) in [7, 11) is -3.78. The predicted octanol–water partition coefficient (Wildman–Crippen LogP) is 3.27. The summed E-state index contributed by atoms with van der Waals surface area (Å²) in [6, 6.07) is 9.45. The highest BCUT2D eigenvalue weighted by molar-refractivity contribution is 7.89. The maximum atomic E-state index is 13.2. The number of amides is 1. The van der Waals surface area contributed by atoms with E-state index in [0.717, 1.165) is 6.07 Å². The molecular formula is C19H20ClFN2O4S. The molecule has 0 bridgehead atoms. The number of benzene rings is 2. The van der Waals surface area contributed by atoms with Crippen LogP contribution in [0.3, 0.4) is 0 Å².